The Kier molecular flexibility index (Phi) is 5.99. The van der Waals surface area contributed by atoms with Crippen molar-refractivity contribution in [1.82, 2.24) is 0 Å². The molecule has 3 N–H and O–H groups in total. The standard InChI is InChI=1S/C24H17F5N2O3/c25-13-4-5-16-15(8-9-34-19(16)11-13)17-6-7-18(24(27,28)29)21(26)20(17)23(33)31-14-3-1-2-12(10-14)22(30)32/h1-7,10-11,15H,8-9H2,(H2,30,32)(H,31,33). The predicted molar refractivity (Wildman–Crippen MR) is 113 cm³/mol. The Hall–Kier alpha value is -3.95. The second kappa shape index (κ2) is 8.77. The summed E-state index contributed by atoms with van der Waals surface area (Å²) < 4.78 is 74.6. The second-order valence-corrected chi connectivity index (χ2v) is 7.66. The van der Waals surface area contributed by atoms with Crippen molar-refractivity contribution in [2.75, 3.05) is 11.9 Å². The summed E-state index contributed by atoms with van der Waals surface area (Å²) in [4.78, 5) is 24.5. The summed E-state index contributed by atoms with van der Waals surface area (Å²) in [7, 11) is 0. The number of carbonyl (C=O) groups excluding carboxylic acids is 2. The zero-order valence-corrected chi connectivity index (χ0v) is 17.4. The first-order chi connectivity index (χ1) is 16.1. The van der Waals surface area contributed by atoms with Crippen LogP contribution in [0.3, 0.4) is 0 Å². The first kappa shape index (κ1) is 23.2. The molecule has 3 aromatic carbocycles. The maximum Gasteiger partial charge on any atom is 0.419 e. The monoisotopic (exact) mass is 476 g/mol. The van der Waals surface area contributed by atoms with Gasteiger partial charge in [0.15, 0.2) is 0 Å². The van der Waals surface area contributed by atoms with Crippen LogP contribution in [0.4, 0.5) is 27.6 Å². The Morgan fingerprint density at radius 2 is 1.74 bits per heavy atom. The van der Waals surface area contributed by atoms with E-state index < -0.39 is 46.7 Å². The largest absolute Gasteiger partial charge is 0.493 e. The third-order valence-electron chi connectivity index (χ3n) is 5.50. The highest BCUT2D eigenvalue weighted by molar-refractivity contribution is 6.06. The first-order valence-electron chi connectivity index (χ1n) is 10.1. The van der Waals surface area contributed by atoms with Gasteiger partial charge in [0.2, 0.25) is 5.91 Å². The number of hydrogen-bond donors (Lipinski definition) is 2. The van der Waals surface area contributed by atoms with E-state index in [1.165, 1.54) is 30.3 Å². The minimum absolute atomic E-state index is 0.00906. The van der Waals surface area contributed by atoms with Gasteiger partial charge in [-0.1, -0.05) is 18.2 Å². The molecule has 0 saturated carbocycles. The van der Waals surface area contributed by atoms with E-state index >= 15 is 4.39 Å². The van der Waals surface area contributed by atoms with E-state index in [4.69, 9.17) is 10.5 Å². The number of primary amides is 1. The highest BCUT2D eigenvalue weighted by atomic mass is 19.4. The number of nitrogens with two attached hydrogens (primary N) is 1. The quantitative estimate of drug-likeness (QED) is 0.505. The number of nitrogens with one attached hydrogen (secondary N) is 1. The summed E-state index contributed by atoms with van der Waals surface area (Å²) in [5, 5.41) is 2.34. The lowest BCUT2D eigenvalue weighted by atomic mass is 9.83. The van der Waals surface area contributed by atoms with Crippen molar-refractivity contribution in [3.05, 3.63) is 94.0 Å². The van der Waals surface area contributed by atoms with E-state index in [1.807, 2.05) is 0 Å². The molecule has 176 valence electrons. The van der Waals surface area contributed by atoms with Gasteiger partial charge in [0.1, 0.15) is 17.4 Å². The fraction of sp³-hybridized carbons (Fsp3) is 0.167. The Morgan fingerprint density at radius 3 is 2.44 bits per heavy atom. The predicted octanol–water partition coefficient (Wildman–Crippen LogP) is 5.25. The Labute approximate surface area is 190 Å². The van der Waals surface area contributed by atoms with Gasteiger partial charge in [-0.3, -0.25) is 9.59 Å². The minimum atomic E-state index is -5.04. The van der Waals surface area contributed by atoms with Gasteiger partial charge in [0, 0.05) is 28.8 Å². The molecule has 4 rings (SSSR count). The molecular formula is C24H17F5N2O3. The molecule has 3 aromatic rings. The zero-order valence-electron chi connectivity index (χ0n) is 17.4. The molecule has 0 bridgehead atoms. The molecule has 5 nitrogen and oxygen atoms in total. The van der Waals surface area contributed by atoms with Crippen molar-refractivity contribution in [2.24, 2.45) is 5.73 Å². The maximum atomic E-state index is 15.2. The Bertz CT molecular complexity index is 1290. The second-order valence-electron chi connectivity index (χ2n) is 7.66. The Morgan fingerprint density at radius 1 is 1.00 bits per heavy atom. The van der Waals surface area contributed by atoms with Gasteiger partial charge in [-0.05, 0) is 42.3 Å². The molecule has 1 heterocycles. The van der Waals surface area contributed by atoms with Crippen LogP contribution in [0.1, 0.15) is 49.7 Å². The summed E-state index contributed by atoms with van der Waals surface area (Å²) in [6, 6.07) is 10.7. The molecule has 1 atom stereocenters. The van der Waals surface area contributed by atoms with E-state index in [1.54, 1.807) is 0 Å². The number of rotatable bonds is 4. The molecule has 34 heavy (non-hydrogen) atoms. The fourth-order valence-electron chi connectivity index (χ4n) is 3.96. The third-order valence-corrected chi connectivity index (χ3v) is 5.50. The number of hydrogen-bond acceptors (Lipinski definition) is 3. The molecule has 1 unspecified atom stereocenters. The third kappa shape index (κ3) is 4.43. The van der Waals surface area contributed by atoms with Gasteiger partial charge in [-0.15, -0.1) is 0 Å². The summed E-state index contributed by atoms with van der Waals surface area (Å²) in [5.74, 6) is -4.80. The van der Waals surface area contributed by atoms with Crippen molar-refractivity contribution in [2.45, 2.75) is 18.5 Å². The first-order valence-corrected chi connectivity index (χ1v) is 10.1. The van der Waals surface area contributed by atoms with E-state index in [0.717, 1.165) is 18.2 Å². The molecule has 0 fully saturated rings. The van der Waals surface area contributed by atoms with Gasteiger partial charge >= 0.3 is 6.18 Å². The van der Waals surface area contributed by atoms with Crippen LogP contribution in [0.5, 0.6) is 5.75 Å². The van der Waals surface area contributed by atoms with Gasteiger partial charge in [0.05, 0.1) is 17.7 Å². The van der Waals surface area contributed by atoms with Crippen molar-refractivity contribution in [3.63, 3.8) is 0 Å². The van der Waals surface area contributed by atoms with Crippen LogP contribution in [-0.2, 0) is 6.18 Å². The van der Waals surface area contributed by atoms with Crippen LogP contribution in [0.15, 0.2) is 54.6 Å². The number of benzene rings is 3. The number of carbonyl (C=O) groups is 2. The number of anilines is 1. The number of fused-ring (bicyclic) bond motifs is 1. The van der Waals surface area contributed by atoms with Gasteiger partial charge in [0.25, 0.3) is 5.91 Å². The molecule has 10 heteroatoms. The van der Waals surface area contributed by atoms with Gasteiger partial charge in [-0.25, -0.2) is 8.78 Å². The molecule has 2 amide bonds. The molecule has 0 aromatic heterocycles. The summed E-state index contributed by atoms with van der Waals surface area (Å²) in [5.41, 5.74) is 3.31. The lowest BCUT2D eigenvalue weighted by Crippen LogP contribution is -2.24. The van der Waals surface area contributed by atoms with Gasteiger partial charge in [-0.2, -0.15) is 13.2 Å². The van der Waals surface area contributed by atoms with Crippen molar-refractivity contribution in [1.29, 1.82) is 0 Å². The maximum absolute atomic E-state index is 15.2. The lowest BCUT2D eigenvalue weighted by molar-refractivity contribution is -0.140. The molecular weight excluding hydrogens is 459 g/mol. The van der Waals surface area contributed by atoms with E-state index in [-0.39, 0.29) is 35.6 Å². The van der Waals surface area contributed by atoms with E-state index in [0.29, 0.717) is 11.6 Å². The average molecular weight is 476 g/mol. The summed E-state index contributed by atoms with van der Waals surface area (Å²) >= 11 is 0. The molecule has 0 spiro atoms. The number of alkyl halides is 3. The molecule has 1 aliphatic heterocycles. The van der Waals surface area contributed by atoms with Crippen LogP contribution < -0.4 is 15.8 Å². The van der Waals surface area contributed by atoms with Crippen molar-refractivity contribution in [3.8, 4) is 5.75 Å². The van der Waals surface area contributed by atoms with Crippen molar-refractivity contribution >= 4 is 17.5 Å². The number of ether oxygens (including phenoxy) is 1. The van der Waals surface area contributed by atoms with Crippen LogP contribution in [-0.4, -0.2) is 18.4 Å². The fourth-order valence-corrected chi connectivity index (χ4v) is 3.96. The van der Waals surface area contributed by atoms with E-state index in [9.17, 15) is 27.2 Å². The highest BCUT2D eigenvalue weighted by Gasteiger charge is 2.38. The van der Waals surface area contributed by atoms with Crippen LogP contribution >= 0.6 is 0 Å². The highest BCUT2D eigenvalue weighted by Crippen LogP contribution is 2.42. The summed E-state index contributed by atoms with van der Waals surface area (Å²) in [6.45, 7) is 0.0888. The molecule has 0 aliphatic carbocycles. The molecule has 0 saturated heterocycles. The normalized spacial score (nSPS) is 15.3. The van der Waals surface area contributed by atoms with Gasteiger partial charge < -0.3 is 15.8 Å². The average Bonchev–Trinajstić information content (AvgIpc) is 2.77. The minimum Gasteiger partial charge on any atom is -0.493 e. The molecule has 0 radical (unpaired) electrons. The van der Waals surface area contributed by atoms with E-state index in [2.05, 4.69) is 5.32 Å². The zero-order chi connectivity index (χ0) is 24.6. The topological polar surface area (TPSA) is 81.4 Å². The molecule has 1 aliphatic rings. The summed E-state index contributed by atoms with van der Waals surface area (Å²) in [6.07, 6.45) is -4.82. The van der Waals surface area contributed by atoms with Crippen molar-refractivity contribution < 1.29 is 36.3 Å². The number of amides is 2. The lowest BCUT2D eigenvalue weighted by Gasteiger charge is -2.28. The van der Waals surface area contributed by atoms with Crippen LogP contribution in [0.2, 0.25) is 0 Å². The SMILES string of the molecule is NC(=O)c1cccc(NC(=O)c2c(C3CCOc4cc(F)ccc43)ccc(C(F)(F)F)c2F)c1. The number of halogens is 5. The van der Waals surface area contributed by atoms with Crippen LogP contribution in [0.25, 0.3) is 0 Å². The van der Waals surface area contributed by atoms with Crippen LogP contribution in [0, 0.1) is 11.6 Å². The smallest absolute Gasteiger partial charge is 0.419 e. The Balaban J connectivity index is 1.83.